The van der Waals surface area contributed by atoms with E-state index in [2.05, 4.69) is 249 Å². The van der Waals surface area contributed by atoms with Crippen molar-refractivity contribution in [3.63, 3.8) is 0 Å². The summed E-state index contributed by atoms with van der Waals surface area (Å²) in [6.07, 6.45) is 12.2. The molecule has 7 aromatic rings. The van der Waals surface area contributed by atoms with Crippen LogP contribution in [0.3, 0.4) is 0 Å². The lowest BCUT2D eigenvalue weighted by Gasteiger charge is -2.42. The first-order valence-corrected chi connectivity index (χ1v) is 28.6. The fourth-order valence-electron chi connectivity index (χ4n) is 13.6. The third kappa shape index (κ3) is 9.86. The predicted octanol–water partition coefficient (Wildman–Crippen LogP) is 19.7. The largest absolute Gasteiger partial charge is 0.355 e. The Hall–Kier alpha value is -6.32. The van der Waals surface area contributed by atoms with Gasteiger partial charge >= 0.3 is 0 Å². The maximum absolute atomic E-state index is 5.04. The molecule has 0 saturated heterocycles. The minimum absolute atomic E-state index is 0.0202. The lowest BCUT2D eigenvalue weighted by molar-refractivity contribution is 0.332. The van der Waals surface area contributed by atoms with Crippen molar-refractivity contribution >= 4 is 58.5 Å². The Morgan fingerprint density at radius 3 is 1.87 bits per heavy atom. The number of benzene rings is 7. The molecule has 0 amide bonds. The zero-order valence-corrected chi connectivity index (χ0v) is 49.4. The molecule has 0 spiro atoms. The Morgan fingerprint density at radius 2 is 1.24 bits per heavy atom. The van der Waals surface area contributed by atoms with Crippen molar-refractivity contribution in [1.82, 2.24) is 0 Å². The summed E-state index contributed by atoms with van der Waals surface area (Å²) in [5, 5.41) is 6.52. The molecule has 2 aliphatic rings. The van der Waals surface area contributed by atoms with Gasteiger partial charge in [0.2, 0.25) is 0 Å². The average Bonchev–Trinajstić information content (AvgIpc) is 3.38. The lowest BCUT2D eigenvalue weighted by atomic mass is 9.62. The molecule has 0 bridgehead atoms. The Kier molecular flexibility index (Phi) is 14.5. The zero-order valence-electron chi connectivity index (χ0n) is 49.4. The molecule has 0 atom stereocenters. The van der Waals surface area contributed by atoms with Gasteiger partial charge in [-0.2, -0.15) is 0 Å². The molecule has 76 heavy (non-hydrogen) atoms. The van der Waals surface area contributed by atoms with Crippen LogP contribution < -0.4 is 15.7 Å². The van der Waals surface area contributed by atoms with E-state index < -0.39 is 0 Å². The second kappa shape index (κ2) is 20.2. The second-order valence-electron chi connectivity index (χ2n) is 26.2. The van der Waals surface area contributed by atoms with Crippen molar-refractivity contribution in [3.05, 3.63) is 196 Å². The van der Waals surface area contributed by atoms with E-state index in [1.807, 2.05) is 0 Å². The average molecular weight is 1000 g/mol. The monoisotopic (exact) mass is 1000 g/mol. The summed E-state index contributed by atoms with van der Waals surface area (Å²) in [5.74, 6) is 0. The molecule has 392 valence electrons. The van der Waals surface area contributed by atoms with E-state index in [9.17, 15) is 0 Å². The molecule has 0 fully saturated rings. The van der Waals surface area contributed by atoms with Gasteiger partial charge in [0.15, 0.2) is 0 Å². The highest BCUT2D eigenvalue weighted by Crippen LogP contribution is 2.52. The number of nitrogens with zero attached hydrogens (tertiary/aromatic N) is 1. The van der Waals surface area contributed by atoms with Crippen LogP contribution in [0.1, 0.15) is 184 Å². The predicted molar refractivity (Wildman–Crippen MR) is 338 cm³/mol. The van der Waals surface area contributed by atoms with Gasteiger partial charge in [0, 0.05) is 34.0 Å². The number of anilines is 4. The number of nitrogens with one attached hydrogen (secondary N) is 1. The summed E-state index contributed by atoms with van der Waals surface area (Å²) in [6.45, 7) is 45.5. The zero-order chi connectivity index (χ0) is 54.9. The summed E-state index contributed by atoms with van der Waals surface area (Å²) in [4.78, 5) is 2.49. The van der Waals surface area contributed by atoms with Crippen LogP contribution in [-0.4, -0.2) is 7.85 Å². The molecule has 2 aliphatic carbocycles. The first-order chi connectivity index (χ1) is 35.8. The number of aryl methyl sites for hydroxylation is 3. The minimum atomic E-state index is -0.0202. The Balaban J connectivity index is 1.38. The molecule has 3 heteroatoms. The van der Waals surface area contributed by atoms with Gasteiger partial charge in [-0.05, 0) is 211 Å². The van der Waals surface area contributed by atoms with Gasteiger partial charge in [-0.1, -0.05) is 199 Å². The van der Waals surface area contributed by atoms with Gasteiger partial charge < -0.3 is 10.2 Å². The van der Waals surface area contributed by atoms with E-state index in [1.165, 1.54) is 101 Å². The third-order valence-corrected chi connectivity index (χ3v) is 18.4. The van der Waals surface area contributed by atoms with Gasteiger partial charge in [0.25, 0.3) is 0 Å². The van der Waals surface area contributed by atoms with E-state index in [-0.39, 0.29) is 27.1 Å². The highest BCUT2D eigenvalue weighted by Gasteiger charge is 2.39. The standard InChI is InChI=1S/C73H87BN2/c1-18-34-69(8,9)59-45-64(48(6)39-47(59)5)76(49(7)41-50(19-2)51-26-22-21-23-27-51)65-42-52-28-24-25-29-55(52)67(68(65)74)66-54(20-3)56(57-44-62-60(40-46(57)4)71(12,13)37-38-73(62,16)17)31-33-63(66)75-53-30-32-58-61(43-53)72(14,15)36-35-70(58,10)11/h20-33,39-45,75H,3,7,18-19,34-38,74H2,1-2,4-6,8-17H3/b50-41+. The van der Waals surface area contributed by atoms with E-state index in [0.717, 1.165) is 71.7 Å². The number of fused-ring (bicyclic) bond motifs is 3. The summed E-state index contributed by atoms with van der Waals surface area (Å²) < 4.78 is 0. The minimum Gasteiger partial charge on any atom is -0.355 e. The van der Waals surface area contributed by atoms with Crippen molar-refractivity contribution < 1.29 is 0 Å². The maximum Gasteiger partial charge on any atom is 0.142 e. The molecule has 7 aromatic carbocycles. The first kappa shape index (κ1) is 54.5. The normalized spacial score (nSPS) is 16.4. The van der Waals surface area contributed by atoms with Crippen LogP contribution in [0.5, 0.6) is 0 Å². The maximum atomic E-state index is 5.04. The Morgan fingerprint density at radius 1 is 0.632 bits per heavy atom. The molecule has 9 rings (SSSR count). The SMILES string of the molecule is Bc1c(N(C(=C)/C=C(\CC)c2ccccc2)c2cc(C(C)(C)CCC)c(C)cc2C)cc2ccccc2c1-c1c(Nc2ccc3c(c2)C(C)(C)CCC3(C)C)ccc(-c2cc3c(cc2C)C(C)(C)CCC3(C)C)c1C=C. The highest BCUT2D eigenvalue weighted by atomic mass is 15.1. The van der Waals surface area contributed by atoms with Crippen LogP contribution in [0, 0.1) is 20.8 Å². The number of rotatable bonds is 14. The van der Waals surface area contributed by atoms with E-state index in [4.69, 9.17) is 13.2 Å². The number of hydrogen-bond donors (Lipinski definition) is 1. The van der Waals surface area contributed by atoms with Crippen molar-refractivity contribution in [3.8, 4) is 22.3 Å². The van der Waals surface area contributed by atoms with Crippen molar-refractivity contribution in [2.75, 3.05) is 10.2 Å². The fourth-order valence-corrected chi connectivity index (χ4v) is 13.6. The molecule has 2 nitrogen and oxygen atoms in total. The molecular weight excluding hydrogens is 916 g/mol. The molecule has 0 unspecified atom stereocenters. The molecule has 0 saturated carbocycles. The molecule has 0 radical (unpaired) electrons. The summed E-state index contributed by atoms with van der Waals surface area (Å²) in [6, 6.07) is 44.2. The Bertz CT molecular complexity index is 3440. The summed E-state index contributed by atoms with van der Waals surface area (Å²) in [5.41, 5.74) is 26.4. The topological polar surface area (TPSA) is 15.3 Å². The quantitative estimate of drug-likeness (QED) is 0.0863. The van der Waals surface area contributed by atoms with E-state index in [1.54, 1.807) is 0 Å². The van der Waals surface area contributed by atoms with Crippen molar-refractivity contribution in [2.24, 2.45) is 0 Å². The van der Waals surface area contributed by atoms with Gasteiger partial charge in [-0.15, -0.1) is 0 Å². The van der Waals surface area contributed by atoms with Crippen LogP contribution in [0.4, 0.5) is 22.7 Å². The van der Waals surface area contributed by atoms with Gasteiger partial charge in [0.05, 0.1) is 0 Å². The molecular formula is C73H87BN2. The summed E-state index contributed by atoms with van der Waals surface area (Å²) >= 11 is 0. The number of allylic oxidation sites excluding steroid dienone is 2. The van der Waals surface area contributed by atoms with Crippen LogP contribution in [0.25, 0.3) is 44.7 Å². The van der Waals surface area contributed by atoms with Gasteiger partial charge in [-0.25, -0.2) is 0 Å². The van der Waals surface area contributed by atoms with Crippen molar-refractivity contribution in [1.29, 1.82) is 0 Å². The smallest absolute Gasteiger partial charge is 0.142 e. The highest BCUT2D eigenvalue weighted by molar-refractivity contribution is 6.43. The molecule has 0 aliphatic heterocycles. The van der Waals surface area contributed by atoms with Crippen LogP contribution >= 0.6 is 0 Å². The van der Waals surface area contributed by atoms with E-state index >= 15 is 0 Å². The second-order valence-corrected chi connectivity index (χ2v) is 26.2. The van der Waals surface area contributed by atoms with Crippen LogP contribution in [-0.2, 0) is 27.1 Å². The van der Waals surface area contributed by atoms with Gasteiger partial charge in [-0.3, -0.25) is 0 Å². The Labute approximate surface area is 460 Å². The van der Waals surface area contributed by atoms with E-state index in [0.29, 0.717) is 0 Å². The van der Waals surface area contributed by atoms with Crippen LogP contribution in [0.2, 0.25) is 0 Å². The van der Waals surface area contributed by atoms with Crippen LogP contribution in [0.15, 0.2) is 140 Å². The molecule has 0 aromatic heterocycles. The molecule has 0 heterocycles. The van der Waals surface area contributed by atoms with Gasteiger partial charge in [0.1, 0.15) is 7.85 Å². The first-order valence-electron chi connectivity index (χ1n) is 28.6. The fraction of sp³-hybridized carbons (Fsp3) is 0.370. The number of hydrogen-bond acceptors (Lipinski definition) is 2. The lowest BCUT2D eigenvalue weighted by Crippen LogP contribution is -2.34. The third-order valence-electron chi connectivity index (χ3n) is 18.4. The summed E-state index contributed by atoms with van der Waals surface area (Å²) in [7, 11) is 2.35. The molecule has 1 N–H and O–H groups in total. The van der Waals surface area contributed by atoms with Crippen molar-refractivity contribution in [2.45, 2.75) is 176 Å².